The van der Waals surface area contributed by atoms with Crippen LogP contribution in [0.25, 0.3) is 0 Å². The summed E-state index contributed by atoms with van der Waals surface area (Å²) in [7, 11) is -4.24. The Balaban J connectivity index is 2.09. The first-order chi connectivity index (χ1) is 19.2. The lowest BCUT2D eigenvalue weighted by Crippen LogP contribution is -2.53. The van der Waals surface area contributed by atoms with E-state index < -0.39 is 51.2 Å². The lowest BCUT2D eigenvalue weighted by molar-refractivity contribution is -0.140. The van der Waals surface area contributed by atoms with Gasteiger partial charge in [-0.3, -0.25) is 13.9 Å². The number of likely N-dealkylation sites (N-methyl/N-ethyl adjacent to an activating group) is 1. The summed E-state index contributed by atoms with van der Waals surface area (Å²) in [4.78, 5) is 28.5. The zero-order chi connectivity index (χ0) is 30.4. The zero-order valence-corrected chi connectivity index (χ0v) is 24.4. The van der Waals surface area contributed by atoms with Gasteiger partial charge < -0.3 is 10.2 Å². The van der Waals surface area contributed by atoms with Crippen LogP contribution in [0.4, 0.5) is 18.9 Å². The van der Waals surface area contributed by atoms with E-state index in [1.165, 1.54) is 4.90 Å². The summed E-state index contributed by atoms with van der Waals surface area (Å²) in [6.07, 6.45) is -3.93. The Labute approximate surface area is 243 Å². The van der Waals surface area contributed by atoms with Crippen LogP contribution in [0, 0.1) is 6.92 Å². The molecule has 3 aromatic rings. The minimum absolute atomic E-state index is 0.0405. The number of carbonyl (C=O) groups excluding carboxylic acids is 2. The number of alkyl halides is 3. The molecule has 0 aliphatic carbocycles. The lowest BCUT2D eigenvalue weighted by atomic mass is 10.0. The number of hydrogen-bond acceptors (Lipinski definition) is 4. The summed E-state index contributed by atoms with van der Waals surface area (Å²) < 4.78 is 66.8. The fraction of sp³-hybridized carbons (Fsp3) is 0.310. The first-order valence-corrected chi connectivity index (χ1v) is 14.9. The van der Waals surface area contributed by atoms with Crippen molar-refractivity contribution in [2.24, 2.45) is 0 Å². The van der Waals surface area contributed by atoms with Gasteiger partial charge in [-0.2, -0.15) is 13.2 Å². The molecule has 0 fully saturated rings. The maximum absolute atomic E-state index is 13.9. The van der Waals surface area contributed by atoms with Gasteiger partial charge in [0.25, 0.3) is 0 Å². The van der Waals surface area contributed by atoms with Crippen LogP contribution in [0.1, 0.15) is 29.2 Å². The molecule has 0 bridgehead atoms. The first kappa shape index (κ1) is 32.0. The second kappa shape index (κ2) is 13.4. The average molecular weight is 610 g/mol. The third kappa shape index (κ3) is 8.71. The summed E-state index contributed by atoms with van der Waals surface area (Å²) in [5.41, 5.74) is 0.742. The molecule has 0 saturated carbocycles. The van der Waals surface area contributed by atoms with Crippen LogP contribution >= 0.6 is 11.6 Å². The number of nitrogens with one attached hydrogen (secondary N) is 1. The van der Waals surface area contributed by atoms with Crippen molar-refractivity contribution in [2.45, 2.75) is 39.0 Å². The standard InChI is InChI=1S/C29H31ClF3N3O4S/c1-4-34-28(38)26(16-21-10-6-5-7-11-21)35(18-22-12-8-9-20(2)15-22)27(37)19-36(41(3,39)40)23-13-14-25(30)24(17-23)29(31,32)33/h5-15,17,26H,4,16,18-19H2,1-3H3,(H,34,38)/t26-/m0/s1. The molecule has 0 aromatic heterocycles. The van der Waals surface area contributed by atoms with Gasteiger partial charge >= 0.3 is 6.18 Å². The number of halogens is 4. The second-order valence-corrected chi connectivity index (χ2v) is 11.9. The van der Waals surface area contributed by atoms with Crippen LogP contribution in [0.3, 0.4) is 0 Å². The van der Waals surface area contributed by atoms with Gasteiger partial charge in [0.05, 0.1) is 22.5 Å². The molecule has 3 aromatic carbocycles. The van der Waals surface area contributed by atoms with Crippen molar-refractivity contribution in [3.63, 3.8) is 0 Å². The first-order valence-electron chi connectivity index (χ1n) is 12.7. The maximum atomic E-state index is 13.9. The minimum Gasteiger partial charge on any atom is -0.355 e. The van der Waals surface area contributed by atoms with Gasteiger partial charge in [-0.25, -0.2) is 8.42 Å². The lowest BCUT2D eigenvalue weighted by Gasteiger charge is -2.33. The summed E-state index contributed by atoms with van der Waals surface area (Å²) in [6, 6.07) is 17.8. The highest BCUT2D eigenvalue weighted by Gasteiger charge is 2.36. The monoisotopic (exact) mass is 609 g/mol. The Bertz CT molecular complexity index is 1480. The molecule has 0 radical (unpaired) electrons. The predicted molar refractivity (Wildman–Crippen MR) is 153 cm³/mol. The molecule has 0 aliphatic heterocycles. The number of sulfonamides is 1. The van der Waals surface area contributed by atoms with Crippen LogP contribution < -0.4 is 9.62 Å². The number of carbonyl (C=O) groups is 2. The van der Waals surface area contributed by atoms with E-state index in [9.17, 15) is 31.2 Å². The largest absolute Gasteiger partial charge is 0.417 e. The number of nitrogens with zero attached hydrogens (tertiary/aromatic N) is 2. The summed E-state index contributed by atoms with van der Waals surface area (Å²) >= 11 is 5.73. The van der Waals surface area contributed by atoms with Crippen molar-refractivity contribution >= 4 is 39.1 Å². The van der Waals surface area contributed by atoms with Crippen molar-refractivity contribution in [1.82, 2.24) is 10.2 Å². The summed E-state index contributed by atoms with van der Waals surface area (Å²) in [5, 5.41) is 2.13. The van der Waals surface area contributed by atoms with Crippen molar-refractivity contribution in [3.8, 4) is 0 Å². The minimum atomic E-state index is -4.85. The Hall–Kier alpha value is -3.57. The molecule has 3 rings (SSSR count). The Morgan fingerprint density at radius 1 is 0.976 bits per heavy atom. The molecule has 0 aliphatic rings. The van der Waals surface area contributed by atoms with Gasteiger partial charge in [0.2, 0.25) is 21.8 Å². The van der Waals surface area contributed by atoms with Gasteiger partial charge in [-0.15, -0.1) is 0 Å². The highest BCUT2D eigenvalue weighted by Crippen LogP contribution is 2.37. The Morgan fingerprint density at radius 3 is 2.22 bits per heavy atom. The topological polar surface area (TPSA) is 86.8 Å². The molecule has 41 heavy (non-hydrogen) atoms. The van der Waals surface area contributed by atoms with E-state index in [4.69, 9.17) is 11.6 Å². The molecule has 12 heteroatoms. The molecule has 7 nitrogen and oxygen atoms in total. The predicted octanol–water partition coefficient (Wildman–Crippen LogP) is 5.21. The molecular weight excluding hydrogens is 579 g/mol. The van der Waals surface area contributed by atoms with Crippen molar-refractivity contribution in [2.75, 3.05) is 23.7 Å². The van der Waals surface area contributed by atoms with E-state index in [-0.39, 0.29) is 25.2 Å². The van der Waals surface area contributed by atoms with Gasteiger partial charge in [0.15, 0.2) is 0 Å². The van der Waals surface area contributed by atoms with Crippen LogP contribution in [0.15, 0.2) is 72.8 Å². The van der Waals surface area contributed by atoms with Gasteiger partial charge in [-0.1, -0.05) is 71.8 Å². The smallest absolute Gasteiger partial charge is 0.355 e. The van der Waals surface area contributed by atoms with E-state index in [1.54, 1.807) is 43.3 Å². The average Bonchev–Trinajstić information content (AvgIpc) is 2.89. The van der Waals surface area contributed by atoms with E-state index in [2.05, 4.69) is 5.32 Å². The number of hydrogen-bond donors (Lipinski definition) is 1. The normalized spacial score (nSPS) is 12.5. The van der Waals surface area contributed by atoms with E-state index in [0.717, 1.165) is 29.5 Å². The van der Waals surface area contributed by atoms with Crippen molar-refractivity contribution in [1.29, 1.82) is 0 Å². The summed E-state index contributed by atoms with van der Waals surface area (Å²) in [6.45, 7) is 3.01. The zero-order valence-electron chi connectivity index (χ0n) is 22.8. The third-order valence-electron chi connectivity index (χ3n) is 6.28. The van der Waals surface area contributed by atoms with E-state index >= 15 is 0 Å². The number of aryl methyl sites for hydroxylation is 1. The molecule has 0 spiro atoms. The number of benzene rings is 3. The van der Waals surface area contributed by atoms with Crippen molar-refractivity contribution in [3.05, 3.63) is 100 Å². The molecule has 1 N–H and O–H groups in total. The molecule has 220 valence electrons. The molecule has 0 saturated heterocycles. The fourth-order valence-corrected chi connectivity index (χ4v) is 5.42. The third-order valence-corrected chi connectivity index (χ3v) is 7.75. The maximum Gasteiger partial charge on any atom is 0.417 e. The van der Waals surface area contributed by atoms with Crippen LogP contribution in [0.5, 0.6) is 0 Å². The van der Waals surface area contributed by atoms with Gasteiger partial charge in [0, 0.05) is 19.5 Å². The van der Waals surface area contributed by atoms with Crippen molar-refractivity contribution < 1.29 is 31.2 Å². The molecular formula is C29H31ClF3N3O4S. The second-order valence-electron chi connectivity index (χ2n) is 9.54. The highest BCUT2D eigenvalue weighted by atomic mass is 35.5. The number of anilines is 1. The SMILES string of the molecule is CCNC(=O)[C@H](Cc1ccccc1)N(Cc1cccc(C)c1)C(=O)CN(c1ccc(Cl)c(C(F)(F)F)c1)S(C)(=O)=O. The highest BCUT2D eigenvalue weighted by molar-refractivity contribution is 7.92. The number of amides is 2. The molecule has 1 atom stereocenters. The van der Waals surface area contributed by atoms with Crippen LogP contribution in [-0.2, 0) is 38.8 Å². The summed E-state index contributed by atoms with van der Waals surface area (Å²) in [5.74, 6) is -1.22. The Kier molecular flexibility index (Phi) is 10.4. The van der Waals surface area contributed by atoms with E-state index in [0.29, 0.717) is 15.9 Å². The van der Waals surface area contributed by atoms with Crippen LogP contribution in [0.2, 0.25) is 5.02 Å². The Morgan fingerprint density at radius 2 is 1.63 bits per heavy atom. The quantitative estimate of drug-likeness (QED) is 0.323. The van der Waals surface area contributed by atoms with Crippen LogP contribution in [-0.4, -0.2) is 50.5 Å². The molecule has 0 unspecified atom stereocenters. The molecule has 2 amide bonds. The molecule has 0 heterocycles. The fourth-order valence-electron chi connectivity index (χ4n) is 4.35. The van der Waals surface area contributed by atoms with Gasteiger partial charge in [0.1, 0.15) is 12.6 Å². The number of rotatable bonds is 11. The van der Waals surface area contributed by atoms with Gasteiger partial charge in [-0.05, 0) is 43.2 Å². The van der Waals surface area contributed by atoms with E-state index in [1.807, 2.05) is 25.1 Å².